The van der Waals surface area contributed by atoms with Crippen molar-refractivity contribution in [2.24, 2.45) is 0 Å². The van der Waals surface area contributed by atoms with Crippen molar-refractivity contribution in [1.82, 2.24) is 4.98 Å². The number of hydrogen-bond donors (Lipinski definition) is 1. The zero-order chi connectivity index (χ0) is 13.1. The number of benzene rings is 1. The lowest BCUT2D eigenvalue weighted by atomic mass is 10.0. The van der Waals surface area contributed by atoms with E-state index in [1.54, 1.807) is 29.5 Å². The molecule has 5 heteroatoms. The second-order valence-corrected chi connectivity index (χ2v) is 6.06. The smallest absolute Gasteiger partial charge is 0.0897 e. The maximum atomic E-state index is 10.0. The van der Waals surface area contributed by atoms with Gasteiger partial charge in [-0.05, 0) is 30.7 Å². The Balaban J connectivity index is 2.02. The summed E-state index contributed by atoms with van der Waals surface area (Å²) in [6.45, 7) is 1.95. The Labute approximate surface area is 120 Å². The fourth-order valence-electron chi connectivity index (χ4n) is 1.77. The van der Waals surface area contributed by atoms with Gasteiger partial charge in [0.2, 0.25) is 0 Å². The lowest BCUT2D eigenvalue weighted by Gasteiger charge is -2.10. The normalized spacial score (nSPS) is 12.7. The molecule has 0 aliphatic rings. The number of hydrogen-bond acceptors (Lipinski definition) is 3. The van der Waals surface area contributed by atoms with E-state index in [-0.39, 0.29) is 0 Å². The van der Waals surface area contributed by atoms with Crippen LogP contribution in [0.3, 0.4) is 0 Å². The minimum Gasteiger partial charge on any atom is -0.392 e. The Morgan fingerprint density at radius 2 is 2.11 bits per heavy atom. The average molecular weight is 302 g/mol. The van der Waals surface area contributed by atoms with Gasteiger partial charge in [-0.2, -0.15) is 0 Å². The first-order chi connectivity index (χ1) is 8.54. The highest BCUT2D eigenvalue weighted by molar-refractivity contribution is 7.09. The Hall–Kier alpha value is -0.610. The zero-order valence-electron chi connectivity index (χ0n) is 9.86. The molecule has 1 aromatic heterocycles. The lowest BCUT2D eigenvalue weighted by Crippen LogP contribution is -2.14. The van der Waals surface area contributed by atoms with E-state index in [4.69, 9.17) is 23.2 Å². The van der Waals surface area contributed by atoms with Crippen LogP contribution in [0.4, 0.5) is 0 Å². The van der Waals surface area contributed by atoms with Crippen LogP contribution in [-0.2, 0) is 12.8 Å². The van der Waals surface area contributed by atoms with E-state index in [1.807, 2.05) is 12.3 Å². The SMILES string of the molecule is Cc1nc(CC(O)Cc2cc(Cl)ccc2Cl)cs1. The molecule has 18 heavy (non-hydrogen) atoms. The van der Waals surface area contributed by atoms with E-state index < -0.39 is 6.10 Å². The van der Waals surface area contributed by atoms with Crippen molar-refractivity contribution < 1.29 is 5.11 Å². The van der Waals surface area contributed by atoms with Gasteiger partial charge in [0, 0.05) is 28.3 Å². The van der Waals surface area contributed by atoms with Crippen molar-refractivity contribution in [2.75, 3.05) is 0 Å². The van der Waals surface area contributed by atoms with Gasteiger partial charge in [0.1, 0.15) is 0 Å². The van der Waals surface area contributed by atoms with Crippen molar-refractivity contribution >= 4 is 34.5 Å². The highest BCUT2D eigenvalue weighted by Gasteiger charge is 2.11. The third-order valence-electron chi connectivity index (χ3n) is 2.57. The summed E-state index contributed by atoms with van der Waals surface area (Å²) >= 11 is 13.6. The molecule has 2 aromatic rings. The first-order valence-electron chi connectivity index (χ1n) is 5.57. The first kappa shape index (κ1) is 13.8. The molecular formula is C13H13Cl2NOS. The van der Waals surface area contributed by atoms with Crippen LogP contribution in [0, 0.1) is 6.92 Å². The third-order valence-corrected chi connectivity index (χ3v) is 4.00. The Morgan fingerprint density at radius 1 is 1.33 bits per heavy atom. The third kappa shape index (κ3) is 3.69. The molecule has 1 aromatic carbocycles. The standard InChI is InChI=1S/C13H13Cl2NOS/c1-8-16-11(7-18-8)6-12(17)5-9-4-10(14)2-3-13(9)15/h2-4,7,12,17H,5-6H2,1H3. The minimum absolute atomic E-state index is 0.482. The molecule has 0 amide bonds. The summed E-state index contributed by atoms with van der Waals surface area (Å²) < 4.78 is 0. The van der Waals surface area contributed by atoms with Gasteiger partial charge in [-0.1, -0.05) is 23.2 Å². The van der Waals surface area contributed by atoms with Crippen LogP contribution in [0.25, 0.3) is 0 Å². The topological polar surface area (TPSA) is 33.1 Å². The highest BCUT2D eigenvalue weighted by atomic mass is 35.5. The molecular weight excluding hydrogens is 289 g/mol. The predicted molar refractivity (Wildman–Crippen MR) is 76.7 cm³/mol. The Kier molecular flexibility index (Phi) is 4.62. The predicted octanol–water partition coefficient (Wildman–Crippen LogP) is 3.90. The first-order valence-corrected chi connectivity index (χ1v) is 7.21. The van der Waals surface area contributed by atoms with Crippen LogP contribution in [0.2, 0.25) is 10.0 Å². The number of aliphatic hydroxyl groups is 1. The van der Waals surface area contributed by atoms with E-state index in [0.29, 0.717) is 22.9 Å². The Morgan fingerprint density at radius 3 is 2.78 bits per heavy atom. The molecule has 0 saturated heterocycles. The number of nitrogens with zero attached hydrogens (tertiary/aromatic N) is 1. The summed E-state index contributed by atoms with van der Waals surface area (Å²) in [6.07, 6.45) is 0.519. The summed E-state index contributed by atoms with van der Waals surface area (Å²) in [5.41, 5.74) is 1.78. The van der Waals surface area contributed by atoms with Gasteiger partial charge < -0.3 is 5.11 Å². The molecule has 0 saturated carbocycles. The van der Waals surface area contributed by atoms with Crippen LogP contribution in [0.5, 0.6) is 0 Å². The number of halogens is 2. The molecule has 2 rings (SSSR count). The summed E-state index contributed by atoms with van der Waals surface area (Å²) in [4.78, 5) is 4.33. The van der Waals surface area contributed by atoms with Gasteiger partial charge in [-0.25, -0.2) is 4.98 Å². The quantitative estimate of drug-likeness (QED) is 0.929. The molecule has 0 aliphatic heterocycles. The van der Waals surface area contributed by atoms with Crippen LogP contribution >= 0.6 is 34.5 Å². The molecule has 0 spiro atoms. The van der Waals surface area contributed by atoms with E-state index >= 15 is 0 Å². The number of rotatable bonds is 4. The van der Waals surface area contributed by atoms with E-state index in [1.165, 1.54) is 0 Å². The summed E-state index contributed by atoms with van der Waals surface area (Å²) in [5.74, 6) is 0. The fraction of sp³-hybridized carbons (Fsp3) is 0.308. The lowest BCUT2D eigenvalue weighted by molar-refractivity contribution is 0.174. The van der Waals surface area contributed by atoms with E-state index in [0.717, 1.165) is 16.3 Å². The highest BCUT2D eigenvalue weighted by Crippen LogP contribution is 2.22. The van der Waals surface area contributed by atoms with Gasteiger partial charge in [0.15, 0.2) is 0 Å². The van der Waals surface area contributed by atoms with Crippen molar-refractivity contribution in [1.29, 1.82) is 0 Å². The minimum atomic E-state index is -0.498. The number of thiazole rings is 1. The maximum Gasteiger partial charge on any atom is 0.0897 e. The van der Waals surface area contributed by atoms with Crippen LogP contribution in [-0.4, -0.2) is 16.2 Å². The summed E-state index contributed by atoms with van der Waals surface area (Å²) in [6, 6.07) is 5.28. The molecule has 0 aliphatic carbocycles. The second kappa shape index (κ2) is 6.02. The van der Waals surface area contributed by atoms with Crippen molar-refractivity contribution in [3.63, 3.8) is 0 Å². The number of aromatic nitrogens is 1. The summed E-state index contributed by atoms with van der Waals surface area (Å²) in [5, 5.41) is 14.3. The van der Waals surface area contributed by atoms with Crippen LogP contribution < -0.4 is 0 Å². The molecule has 0 bridgehead atoms. The largest absolute Gasteiger partial charge is 0.392 e. The van der Waals surface area contributed by atoms with E-state index in [9.17, 15) is 5.11 Å². The molecule has 1 heterocycles. The molecule has 96 valence electrons. The molecule has 1 unspecified atom stereocenters. The van der Waals surface area contributed by atoms with Crippen molar-refractivity contribution in [3.05, 3.63) is 49.9 Å². The monoisotopic (exact) mass is 301 g/mol. The van der Waals surface area contributed by atoms with Crippen LogP contribution in [0.1, 0.15) is 16.3 Å². The number of aryl methyl sites for hydroxylation is 1. The molecule has 1 N–H and O–H groups in total. The van der Waals surface area contributed by atoms with Crippen LogP contribution in [0.15, 0.2) is 23.6 Å². The summed E-state index contributed by atoms with van der Waals surface area (Å²) in [7, 11) is 0. The Bertz CT molecular complexity index is 542. The van der Waals surface area contributed by atoms with Gasteiger partial charge >= 0.3 is 0 Å². The molecule has 1 atom stereocenters. The zero-order valence-corrected chi connectivity index (χ0v) is 12.2. The molecule has 0 fully saturated rings. The van der Waals surface area contributed by atoms with Crippen molar-refractivity contribution in [2.45, 2.75) is 25.9 Å². The van der Waals surface area contributed by atoms with Gasteiger partial charge in [0.25, 0.3) is 0 Å². The fourth-order valence-corrected chi connectivity index (χ4v) is 2.78. The maximum absolute atomic E-state index is 10.0. The van der Waals surface area contributed by atoms with Gasteiger partial charge in [0.05, 0.1) is 16.8 Å². The average Bonchev–Trinajstić information content (AvgIpc) is 2.69. The van der Waals surface area contributed by atoms with Crippen molar-refractivity contribution in [3.8, 4) is 0 Å². The number of aliphatic hydroxyl groups excluding tert-OH is 1. The second-order valence-electron chi connectivity index (χ2n) is 4.16. The van der Waals surface area contributed by atoms with Gasteiger partial charge in [-0.15, -0.1) is 11.3 Å². The van der Waals surface area contributed by atoms with E-state index in [2.05, 4.69) is 4.98 Å². The van der Waals surface area contributed by atoms with Gasteiger partial charge in [-0.3, -0.25) is 0 Å². The molecule has 0 radical (unpaired) electrons. The molecule has 2 nitrogen and oxygen atoms in total.